The predicted molar refractivity (Wildman–Crippen MR) is 82.6 cm³/mol. The van der Waals surface area contributed by atoms with Crippen LogP contribution in [0.15, 0.2) is 53.8 Å². The molecule has 0 aliphatic rings. The van der Waals surface area contributed by atoms with Gasteiger partial charge in [0.1, 0.15) is 0 Å². The number of thiocarbonyl (C=S) groups is 1. The van der Waals surface area contributed by atoms with Gasteiger partial charge in [-0.05, 0) is 48.6 Å². The molecule has 0 fully saturated rings. The molecule has 0 aliphatic heterocycles. The lowest BCUT2D eigenvalue weighted by molar-refractivity contribution is 1.05. The van der Waals surface area contributed by atoms with E-state index in [0.29, 0.717) is 10.1 Å². The zero-order valence-corrected chi connectivity index (χ0v) is 11.4. The second-order valence-electron chi connectivity index (χ2n) is 3.59. The second-order valence-corrected chi connectivity index (χ2v) is 4.43. The highest BCUT2D eigenvalue weighted by molar-refractivity contribution is 7.80. The fourth-order valence-corrected chi connectivity index (χ4v) is 1.60. The lowest BCUT2D eigenvalue weighted by atomic mass is 10.3. The number of rotatable bonds is 3. The number of nitrogens with zero attached hydrogens (tertiary/aromatic N) is 2. The van der Waals surface area contributed by atoms with Gasteiger partial charge in [-0.3, -0.25) is 10.4 Å². The minimum atomic E-state index is 0.398. The number of nitrogens with one attached hydrogen (secondary N) is 2. The van der Waals surface area contributed by atoms with Crippen molar-refractivity contribution in [2.24, 2.45) is 5.10 Å². The van der Waals surface area contributed by atoms with Crippen LogP contribution in [-0.2, 0) is 0 Å². The highest BCUT2D eigenvalue weighted by Crippen LogP contribution is 2.12. The third-order valence-electron chi connectivity index (χ3n) is 2.15. The molecule has 4 nitrogen and oxygen atoms in total. The Hall–Kier alpha value is -1.98. The van der Waals surface area contributed by atoms with Gasteiger partial charge in [0.2, 0.25) is 0 Å². The molecule has 6 heteroatoms. The summed E-state index contributed by atoms with van der Waals surface area (Å²) < 4.78 is 0. The van der Waals surface area contributed by atoms with Crippen molar-refractivity contribution < 1.29 is 0 Å². The maximum Gasteiger partial charge on any atom is 0.191 e. The van der Waals surface area contributed by atoms with E-state index in [4.69, 9.17) is 23.8 Å². The summed E-state index contributed by atoms with van der Waals surface area (Å²) >= 11 is 10.9. The highest BCUT2D eigenvalue weighted by atomic mass is 35.5. The van der Waals surface area contributed by atoms with Crippen LogP contribution in [0, 0.1) is 0 Å². The Morgan fingerprint density at radius 3 is 2.68 bits per heavy atom. The predicted octanol–water partition coefficient (Wildman–Crippen LogP) is 3.06. The first-order valence-electron chi connectivity index (χ1n) is 5.51. The SMILES string of the molecule is S=C(NN=Cc1ccccn1)Nc1ccc(Cl)cc1. The summed E-state index contributed by atoms with van der Waals surface area (Å²) in [6.07, 6.45) is 3.29. The van der Waals surface area contributed by atoms with Crippen LogP contribution in [0.25, 0.3) is 0 Å². The number of hydrazone groups is 1. The summed E-state index contributed by atoms with van der Waals surface area (Å²) in [6, 6.07) is 12.8. The minimum absolute atomic E-state index is 0.398. The van der Waals surface area contributed by atoms with Crippen LogP contribution < -0.4 is 10.7 Å². The van der Waals surface area contributed by atoms with Gasteiger partial charge >= 0.3 is 0 Å². The molecule has 0 radical (unpaired) electrons. The highest BCUT2D eigenvalue weighted by Gasteiger charge is 1.95. The molecule has 0 amide bonds. The van der Waals surface area contributed by atoms with Gasteiger partial charge in [-0.25, -0.2) is 0 Å². The van der Waals surface area contributed by atoms with Gasteiger partial charge in [-0.2, -0.15) is 5.10 Å². The van der Waals surface area contributed by atoms with E-state index in [1.54, 1.807) is 24.5 Å². The molecule has 0 spiro atoms. The maximum absolute atomic E-state index is 5.79. The first kappa shape index (κ1) is 13.5. The van der Waals surface area contributed by atoms with Gasteiger partial charge in [0.25, 0.3) is 0 Å². The van der Waals surface area contributed by atoms with Gasteiger partial charge in [0, 0.05) is 16.9 Å². The van der Waals surface area contributed by atoms with Crippen molar-refractivity contribution >= 4 is 40.8 Å². The Balaban J connectivity index is 1.85. The smallest absolute Gasteiger partial charge is 0.191 e. The molecular weight excluding hydrogens is 280 g/mol. The molecular formula is C13H11ClN4S. The summed E-state index contributed by atoms with van der Waals surface area (Å²) in [5.74, 6) is 0. The van der Waals surface area contributed by atoms with Gasteiger partial charge in [0.15, 0.2) is 5.11 Å². The Bertz CT molecular complexity index is 569. The molecule has 1 aromatic heterocycles. The molecule has 1 aromatic carbocycles. The molecule has 0 aliphatic carbocycles. The largest absolute Gasteiger partial charge is 0.331 e. The van der Waals surface area contributed by atoms with Crippen LogP contribution in [0.2, 0.25) is 5.02 Å². The van der Waals surface area contributed by atoms with E-state index in [2.05, 4.69) is 20.8 Å². The number of anilines is 1. The first-order valence-corrected chi connectivity index (χ1v) is 6.29. The number of hydrogen-bond acceptors (Lipinski definition) is 3. The fraction of sp³-hybridized carbons (Fsp3) is 0. The zero-order valence-electron chi connectivity index (χ0n) is 9.88. The molecule has 96 valence electrons. The zero-order chi connectivity index (χ0) is 13.5. The fourth-order valence-electron chi connectivity index (χ4n) is 1.30. The van der Waals surface area contributed by atoms with Crippen LogP contribution in [0.5, 0.6) is 0 Å². The van der Waals surface area contributed by atoms with E-state index in [-0.39, 0.29) is 0 Å². The minimum Gasteiger partial charge on any atom is -0.331 e. The summed E-state index contributed by atoms with van der Waals surface area (Å²) in [7, 11) is 0. The van der Waals surface area contributed by atoms with E-state index in [0.717, 1.165) is 11.4 Å². The number of pyridine rings is 1. The van der Waals surface area contributed by atoms with Crippen molar-refractivity contribution in [2.45, 2.75) is 0 Å². The Labute approximate surface area is 121 Å². The second kappa shape index (κ2) is 6.82. The molecule has 19 heavy (non-hydrogen) atoms. The topological polar surface area (TPSA) is 49.3 Å². The first-order chi connectivity index (χ1) is 9.24. The van der Waals surface area contributed by atoms with Crippen LogP contribution in [-0.4, -0.2) is 16.3 Å². The Morgan fingerprint density at radius 2 is 2.00 bits per heavy atom. The molecule has 2 aromatic rings. The quantitative estimate of drug-likeness (QED) is 0.518. The van der Waals surface area contributed by atoms with Gasteiger partial charge < -0.3 is 5.32 Å². The van der Waals surface area contributed by atoms with Crippen molar-refractivity contribution in [3.63, 3.8) is 0 Å². The van der Waals surface area contributed by atoms with E-state index >= 15 is 0 Å². The molecule has 0 unspecified atom stereocenters. The summed E-state index contributed by atoms with van der Waals surface area (Å²) in [4.78, 5) is 4.10. The maximum atomic E-state index is 5.79. The molecule has 0 saturated carbocycles. The molecule has 2 rings (SSSR count). The van der Waals surface area contributed by atoms with E-state index in [1.807, 2.05) is 30.3 Å². The molecule has 2 N–H and O–H groups in total. The molecule has 0 bridgehead atoms. The number of halogens is 1. The monoisotopic (exact) mass is 290 g/mol. The Morgan fingerprint density at radius 1 is 1.21 bits per heavy atom. The third-order valence-corrected chi connectivity index (χ3v) is 2.60. The lowest BCUT2D eigenvalue weighted by Crippen LogP contribution is -2.23. The van der Waals surface area contributed by atoms with E-state index < -0.39 is 0 Å². The average molecular weight is 291 g/mol. The molecule has 1 heterocycles. The number of hydrogen-bond donors (Lipinski definition) is 2. The summed E-state index contributed by atoms with van der Waals surface area (Å²) in [5, 5.41) is 8.05. The van der Waals surface area contributed by atoms with E-state index in [9.17, 15) is 0 Å². The number of aromatic nitrogens is 1. The molecule has 0 saturated heterocycles. The van der Waals surface area contributed by atoms with Crippen LogP contribution in [0.4, 0.5) is 5.69 Å². The van der Waals surface area contributed by atoms with Gasteiger partial charge in [-0.1, -0.05) is 17.7 Å². The van der Waals surface area contributed by atoms with Crippen molar-refractivity contribution in [3.8, 4) is 0 Å². The van der Waals surface area contributed by atoms with Crippen molar-refractivity contribution in [1.29, 1.82) is 0 Å². The van der Waals surface area contributed by atoms with Crippen molar-refractivity contribution in [2.75, 3.05) is 5.32 Å². The number of benzene rings is 1. The summed E-state index contributed by atoms with van der Waals surface area (Å²) in [5.41, 5.74) is 4.31. The van der Waals surface area contributed by atoms with Gasteiger partial charge in [0.05, 0.1) is 11.9 Å². The standard InChI is InChI=1S/C13H11ClN4S/c14-10-4-6-11(7-5-10)17-13(19)18-16-9-12-3-1-2-8-15-12/h1-9H,(H2,17,18,19). The van der Waals surface area contributed by atoms with E-state index in [1.165, 1.54) is 0 Å². The van der Waals surface area contributed by atoms with Gasteiger partial charge in [-0.15, -0.1) is 0 Å². The average Bonchev–Trinajstić information content (AvgIpc) is 2.43. The third kappa shape index (κ3) is 4.65. The lowest BCUT2D eigenvalue weighted by Gasteiger charge is -2.06. The van der Waals surface area contributed by atoms with Crippen LogP contribution in [0.3, 0.4) is 0 Å². The normalized spacial score (nSPS) is 10.4. The summed E-state index contributed by atoms with van der Waals surface area (Å²) in [6.45, 7) is 0. The van der Waals surface area contributed by atoms with Crippen LogP contribution in [0.1, 0.15) is 5.69 Å². The van der Waals surface area contributed by atoms with Crippen LogP contribution >= 0.6 is 23.8 Å². The van der Waals surface area contributed by atoms with Crippen molar-refractivity contribution in [1.82, 2.24) is 10.4 Å². The Kier molecular flexibility index (Phi) is 4.83. The molecule has 0 atom stereocenters. The van der Waals surface area contributed by atoms with Crippen molar-refractivity contribution in [3.05, 3.63) is 59.4 Å².